The highest BCUT2D eigenvalue weighted by Gasteiger charge is 2.25. The molecule has 1 fully saturated rings. The topological polar surface area (TPSA) is 110 Å². The summed E-state index contributed by atoms with van der Waals surface area (Å²) in [7, 11) is -2.30. The third-order valence-electron chi connectivity index (χ3n) is 5.04. The molecule has 0 amide bonds. The highest BCUT2D eigenvalue weighted by atomic mass is 35.5. The SMILES string of the molecule is C=C(/N=C(\N(C)C(C)Cl)S(C)(=O)=O)C(=N)Oc1c(Cl)c(Cl)cc2c1cnn2C1CCCCO1. The summed E-state index contributed by atoms with van der Waals surface area (Å²) in [5.41, 5.74) is -0.288. The van der Waals surface area contributed by atoms with E-state index >= 15 is 0 Å². The standard InChI is InChI=1S/C20H24Cl3N5O4S/c1-11(26-20(33(4,29)30)27(3)12(2)21)19(24)32-18-13-10-25-28(16-7-5-6-8-31-16)15(13)9-14(22)17(18)23/h9-10,12,16,24H,1,5-8H2,2-4H3/b24-19?,26-20+. The first kappa shape index (κ1) is 25.8. The second-order valence-corrected chi connectivity index (χ2v) is 10.9. The van der Waals surface area contributed by atoms with Crippen molar-refractivity contribution in [1.29, 1.82) is 5.41 Å². The van der Waals surface area contributed by atoms with Crippen molar-refractivity contribution in [2.75, 3.05) is 19.9 Å². The van der Waals surface area contributed by atoms with Gasteiger partial charge in [-0.2, -0.15) is 5.10 Å². The highest BCUT2D eigenvalue weighted by Crippen LogP contribution is 2.41. The Kier molecular flexibility index (Phi) is 7.95. The van der Waals surface area contributed by atoms with Crippen LogP contribution in [0.3, 0.4) is 0 Å². The molecule has 1 aliphatic rings. The molecule has 1 aromatic heterocycles. The van der Waals surface area contributed by atoms with Gasteiger partial charge in [0.15, 0.2) is 12.0 Å². The van der Waals surface area contributed by atoms with E-state index in [9.17, 15) is 8.42 Å². The Bertz CT molecular complexity index is 1220. The molecular weight excluding hydrogens is 513 g/mol. The Balaban J connectivity index is 1.97. The molecule has 9 nitrogen and oxygen atoms in total. The van der Waals surface area contributed by atoms with Crippen molar-refractivity contribution < 1.29 is 17.9 Å². The number of aliphatic imine (C=N–C) groups is 1. The molecule has 3 rings (SSSR count). The molecule has 2 atom stereocenters. The molecule has 2 aromatic rings. The first-order valence-electron chi connectivity index (χ1n) is 10.00. The number of aromatic nitrogens is 2. The number of hydrogen-bond donors (Lipinski definition) is 1. The Morgan fingerprint density at radius 2 is 2.15 bits per heavy atom. The normalized spacial score (nSPS) is 18.2. The van der Waals surface area contributed by atoms with E-state index in [4.69, 9.17) is 49.7 Å². The molecule has 1 saturated heterocycles. The number of hydrogen-bond acceptors (Lipinski definition) is 7. The first-order valence-corrected chi connectivity index (χ1v) is 13.1. The van der Waals surface area contributed by atoms with Crippen molar-refractivity contribution in [3.05, 3.63) is 34.6 Å². The molecule has 2 unspecified atom stereocenters. The average molecular weight is 537 g/mol. The van der Waals surface area contributed by atoms with Crippen molar-refractivity contribution in [3.63, 3.8) is 0 Å². The summed E-state index contributed by atoms with van der Waals surface area (Å²) in [6.45, 7) is 5.89. The van der Waals surface area contributed by atoms with Crippen LogP contribution in [0, 0.1) is 5.41 Å². The fraction of sp³-hybridized carbons (Fsp3) is 0.450. The van der Waals surface area contributed by atoms with E-state index < -0.39 is 21.2 Å². The summed E-state index contributed by atoms with van der Waals surface area (Å²) in [4.78, 5) is 5.23. The number of alkyl halides is 1. The van der Waals surface area contributed by atoms with Crippen LogP contribution < -0.4 is 4.74 Å². The molecule has 1 aromatic carbocycles. The van der Waals surface area contributed by atoms with Crippen molar-refractivity contribution in [1.82, 2.24) is 14.7 Å². The van der Waals surface area contributed by atoms with Gasteiger partial charge < -0.3 is 14.4 Å². The lowest BCUT2D eigenvalue weighted by Gasteiger charge is -2.23. The number of sulfone groups is 1. The molecule has 2 heterocycles. The number of nitrogens with zero attached hydrogens (tertiary/aromatic N) is 4. The zero-order valence-corrected chi connectivity index (χ0v) is 21.4. The lowest BCUT2D eigenvalue weighted by molar-refractivity contribution is -0.0366. The summed E-state index contributed by atoms with van der Waals surface area (Å²) in [5.74, 6) is -0.429. The van der Waals surface area contributed by atoms with Gasteiger partial charge in [-0.05, 0) is 32.3 Å². The third-order valence-corrected chi connectivity index (χ3v) is 7.15. The van der Waals surface area contributed by atoms with Gasteiger partial charge in [-0.25, -0.2) is 18.1 Å². The van der Waals surface area contributed by atoms with Crippen molar-refractivity contribution >= 4 is 66.6 Å². The minimum Gasteiger partial charge on any atom is -0.435 e. The highest BCUT2D eigenvalue weighted by molar-refractivity contribution is 8.05. The van der Waals surface area contributed by atoms with Crippen LogP contribution in [0.1, 0.15) is 32.4 Å². The molecule has 0 spiro atoms. The van der Waals surface area contributed by atoms with Gasteiger partial charge in [-0.3, -0.25) is 5.41 Å². The molecule has 180 valence electrons. The largest absolute Gasteiger partial charge is 0.435 e. The number of benzene rings is 1. The van der Waals surface area contributed by atoms with Crippen LogP contribution in [-0.2, 0) is 14.6 Å². The molecule has 0 aliphatic carbocycles. The lowest BCUT2D eigenvalue weighted by atomic mass is 10.2. The summed E-state index contributed by atoms with van der Waals surface area (Å²) in [6, 6.07) is 1.66. The van der Waals surface area contributed by atoms with Crippen LogP contribution in [0.4, 0.5) is 0 Å². The van der Waals surface area contributed by atoms with Crippen LogP contribution in [0.15, 0.2) is 29.5 Å². The van der Waals surface area contributed by atoms with Crippen molar-refractivity contribution in [2.45, 2.75) is 37.9 Å². The van der Waals surface area contributed by atoms with Gasteiger partial charge in [-0.1, -0.05) is 41.4 Å². The molecule has 0 radical (unpaired) electrons. The third kappa shape index (κ3) is 5.63. The predicted octanol–water partition coefficient (Wildman–Crippen LogP) is 4.83. The molecule has 1 N–H and O–H groups in total. The maximum absolute atomic E-state index is 12.2. The molecule has 13 heteroatoms. The second-order valence-electron chi connectivity index (χ2n) is 7.57. The number of rotatable bonds is 5. The molecule has 33 heavy (non-hydrogen) atoms. The van der Waals surface area contributed by atoms with Crippen LogP contribution in [0.25, 0.3) is 10.9 Å². The number of nitrogens with one attached hydrogen (secondary N) is 1. The Labute approximate surface area is 207 Å². The van der Waals surface area contributed by atoms with E-state index in [2.05, 4.69) is 16.7 Å². The summed E-state index contributed by atoms with van der Waals surface area (Å²) in [5, 5.41) is 13.1. The number of halogens is 3. The van der Waals surface area contributed by atoms with Crippen molar-refractivity contribution in [2.24, 2.45) is 4.99 Å². The smallest absolute Gasteiger partial charge is 0.237 e. The number of fused-ring (bicyclic) bond motifs is 1. The van der Waals surface area contributed by atoms with E-state index in [1.165, 1.54) is 11.9 Å². The summed E-state index contributed by atoms with van der Waals surface area (Å²) >= 11 is 18.7. The minimum atomic E-state index is -3.77. The predicted molar refractivity (Wildman–Crippen MR) is 131 cm³/mol. The van der Waals surface area contributed by atoms with Gasteiger partial charge in [0.05, 0.1) is 22.1 Å². The summed E-state index contributed by atoms with van der Waals surface area (Å²) in [6.07, 6.45) is 5.09. The van der Waals surface area contributed by atoms with Gasteiger partial charge in [-0.15, -0.1) is 0 Å². The molecule has 1 aliphatic heterocycles. The maximum Gasteiger partial charge on any atom is 0.237 e. The first-order chi connectivity index (χ1) is 15.4. The van der Waals surface area contributed by atoms with Gasteiger partial charge in [0, 0.05) is 19.9 Å². The Morgan fingerprint density at radius 1 is 1.45 bits per heavy atom. The molecule has 0 bridgehead atoms. The Hall–Kier alpha value is -1.85. The lowest BCUT2D eigenvalue weighted by Crippen LogP contribution is -2.37. The van der Waals surface area contributed by atoms with E-state index in [-0.39, 0.29) is 32.9 Å². The van der Waals surface area contributed by atoms with Crippen LogP contribution >= 0.6 is 34.8 Å². The van der Waals surface area contributed by atoms with Crippen LogP contribution in [0.5, 0.6) is 5.75 Å². The molecular formula is C20H24Cl3N5O4S. The minimum absolute atomic E-state index is 0.0737. The van der Waals surface area contributed by atoms with Gasteiger partial charge >= 0.3 is 0 Å². The average Bonchev–Trinajstić information content (AvgIpc) is 3.17. The maximum atomic E-state index is 12.2. The van der Waals surface area contributed by atoms with Gasteiger partial charge in [0.25, 0.3) is 0 Å². The second kappa shape index (κ2) is 10.2. The van der Waals surface area contributed by atoms with E-state index in [0.29, 0.717) is 17.5 Å². The van der Waals surface area contributed by atoms with Crippen LogP contribution in [0.2, 0.25) is 10.0 Å². The number of amidine groups is 1. The van der Waals surface area contributed by atoms with Gasteiger partial charge in [0.1, 0.15) is 16.2 Å². The van der Waals surface area contributed by atoms with Crippen molar-refractivity contribution in [3.8, 4) is 5.75 Å². The fourth-order valence-electron chi connectivity index (χ4n) is 3.25. The van der Waals surface area contributed by atoms with E-state index in [0.717, 1.165) is 25.5 Å². The zero-order valence-electron chi connectivity index (χ0n) is 18.3. The van der Waals surface area contributed by atoms with E-state index in [1.54, 1.807) is 23.9 Å². The zero-order chi connectivity index (χ0) is 24.5. The number of ether oxygens (including phenoxy) is 2. The summed E-state index contributed by atoms with van der Waals surface area (Å²) < 4.78 is 37.5. The molecule has 0 saturated carbocycles. The Morgan fingerprint density at radius 3 is 2.73 bits per heavy atom. The van der Waals surface area contributed by atoms with E-state index in [1.807, 2.05) is 0 Å². The monoisotopic (exact) mass is 535 g/mol. The van der Waals surface area contributed by atoms with Gasteiger partial charge in [0.2, 0.25) is 20.9 Å². The quantitative estimate of drug-likeness (QED) is 0.254. The fourth-order valence-corrected chi connectivity index (χ4v) is 4.74. The van der Waals surface area contributed by atoms with Crippen LogP contribution in [-0.4, -0.2) is 59.6 Å².